The number of thiophene rings is 1. The minimum Gasteiger partial charge on any atom is -0.250 e. The van der Waals surface area contributed by atoms with Crippen molar-refractivity contribution < 1.29 is 0 Å². The Morgan fingerprint density at radius 1 is 1.53 bits per heavy atom. The Morgan fingerprint density at radius 3 is 2.88 bits per heavy atom. The van der Waals surface area contributed by atoms with E-state index >= 15 is 0 Å². The Balaban J connectivity index is 2.39. The van der Waals surface area contributed by atoms with Crippen molar-refractivity contribution in [3.05, 3.63) is 33.0 Å². The molecular formula is C11H14N4S2. The molecule has 2 rings (SSSR count). The lowest BCUT2D eigenvalue weighted by Crippen LogP contribution is -2.17. The van der Waals surface area contributed by atoms with Gasteiger partial charge in [-0.3, -0.25) is 5.10 Å². The summed E-state index contributed by atoms with van der Waals surface area (Å²) < 4.78 is 2.19. The van der Waals surface area contributed by atoms with Crippen LogP contribution in [0, 0.1) is 4.77 Å². The van der Waals surface area contributed by atoms with Gasteiger partial charge in [0.25, 0.3) is 0 Å². The van der Waals surface area contributed by atoms with Crippen LogP contribution < -0.4 is 0 Å². The summed E-state index contributed by atoms with van der Waals surface area (Å²) in [7, 11) is 0. The Bertz CT molecular complexity index is 569. The Kier molecular flexibility index (Phi) is 3.26. The molecule has 0 aliphatic rings. The van der Waals surface area contributed by atoms with Crippen molar-refractivity contribution in [1.82, 2.24) is 14.9 Å². The molecule has 2 heterocycles. The molecule has 0 spiro atoms. The van der Waals surface area contributed by atoms with Gasteiger partial charge in [-0.1, -0.05) is 20.8 Å². The third-order valence-electron chi connectivity index (χ3n) is 2.19. The zero-order valence-corrected chi connectivity index (χ0v) is 11.6. The fourth-order valence-corrected chi connectivity index (χ4v) is 2.15. The van der Waals surface area contributed by atoms with Crippen LogP contribution in [0.2, 0.25) is 0 Å². The third kappa shape index (κ3) is 2.70. The van der Waals surface area contributed by atoms with Gasteiger partial charge in [-0.2, -0.15) is 26.2 Å². The summed E-state index contributed by atoms with van der Waals surface area (Å²) in [5, 5.41) is 15.4. The zero-order valence-electron chi connectivity index (χ0n) is 9.97. The first-order valence-corrected chi connectivity index (χ1v) is 6.58. The van der Waals surface area contributed by atoms with Crippen molar-refractivity contribution in [1.29, 1.82) is 0 Å². The second kappa shape index (κ2) is 4.54. The van der Waals surface area contributed by atoms with Crippen LogP contribution in [0.4, 0.5) is 0 Å². The van der Waals surface area contributed by atoms with E-state index in [0.717, 1.165) is 11.4 Å². The van der Waals surface area contributed by atoms with Crippen LogP contribution in [-0.2, 0) is 5.41 Å². The molecule has 2 aromatic heterocycles. The summed E-state index contributed by atoms with van der Waals surface area (Å²) in [5.74, 6) is 0.828. The van der Waals surface area contributed by atoms with E-state index in [-0.39, 0.29) is 5.41 Å². The number of rotatable bonds is 2. The van der Waals surface area contributed by atoms with Crippen LogP contribution in [0.5, 0.6) is 0 Å². The molecule has 90 valence electrons. The summed E-state index contributed by atoms with van der Waals surface area (Å²) in [6.45, 7) is 6.23. The minimum absolute atomic E-state index is 0.0977. The molecule has 2 aromatic rings. The predicted molar refractivity (Wildman–Crippen MR) is 73.4 cm³/mol. The van der Waals surface area contributed by atoms with E-state index in [2.05, 4.69) is 36.1 Å². The number of aromatic nitrogens is 3. The van der Waals surface area contributed by atoms with Crippen molar-refractivity contribution in [2.24, 2.45) is 5.10 Å². The smallest absolute Gasteiger partial charge is 0.216 e. The van der Waals surface area contributed by atoms with E-state index in [9.17, 15) is 0 Å². The van der Waals surface area contributed by atoms with Gasteiger partial charge in [-0.25, -0.2) is 0 Å². The SMILES string of the molecule is CC(C)(C)c1n[nH]c(=S)n1/N=C\c1ccsc1. The highest BCUT2D eigenvalue weighted by molar-refractivity contribution is 7.71. The van der Waals surface area contributed by atoms with Crippen LogP contribution in [0.15, 0.2) is 21.9 Å². The second-order valence-corrected chi connectivity index (χ2v) is 5.88. The lowest BCUT2D eigenvalue weighted by molar-refractivity contribution is 0.516. The number of H-pyrrole nitrogens is 1. The quantitative estimate of drug-likeness (QED) is 0.670. The number of aromatic amines is 1. The molecular weight excluding hydrogens is 252 g/mol. The highest BCUT2D eigenvalue weighted by atomic mass is 32.1. The molecule has 0 atom stereocenters. The topological polar surface area (TPSA) is 46.0 Å². The molecule has 0 radical (unpaired) electrons. The molecule has 0 unspecified atom stereocenters. The molecule has 17 heavy (non-hydrogen) atoms. The zero-order chi connectivity index (χ0) is 12.5. The van der Waals surface area contributed by atoms with Crippen LogP contribution >= 0.6 is 23.6 Å². The van der Waals surface area contributed by atoms with Gasteiger partial charge in [0.15, 0.2) is 5.82 Å². The van der Waals surface area contributed by atoms with Gasteiger partial charge in [-0.05, 0) is 29.0 Å². The van der Waals surface area contributed by atoms with E-state index in [1.54, 1.807) is 22.2 Å². The molecule has 1 N–H and O–H groups in total. The number of nitrogens with zero attached hydrogens (tertiary/aromatic N) is 3. The Hall–Kier alpha value is -1.27. The lowest BCUT2D eigenvalue weighted by atomic mass is 9.96. The number of nitrogens with one attached hydrogen (secondary N) is 1. The molecule has 0 saturated carbocycles. The van der Waals surface area contributed by atoms with Gasteiger partial charge in [0.1, 0.15) is 0 Å². The molecule has 0 aromatic carbocycles. The molecule has 0 aliphatic carbocycles. The normalized spacial score (nSPS) is 12.4. The molecule has 6 heteroatoms. The van der Waals surface area contributed by atoms with E-state index < -0.39 is 0 Å². The molecule has 0 amide bonds. The standard InChI is InChI=1S/C11H14N4S2/c1-11(2,3)9-13-14-10(16)15(9)12-6-8-4-5-17-7-8/h4-7H,1-3H3,(H,14,16)/b12-6-. The van der Waals surface area contributed by atoms with Gasteiger partial charge in [0.2, 0.25) is 4.77 Å². The third-order valence-corrected chi connectivity index (χ3v) is 3.15. The van der Waals surface area contributed by atoms with Gasteiger partial charge in [-0.15, -0.1) is 0 Å². The number of hydrogen-bond donors (Lipinski definition) is 1. The monoisotopic (exact) mass is 266 g/mol. The highest BCUT2D eigenvalue weighted by Gasteiger charge is 2.21. The number of hydrogen-bond acceptors (Lipinski definition) is 4. The fourth-order valence-electron chi connectivity index (χ4n) is 1.36. The van der Waals surface area contributed by atoms with Crippen LogP contribution in [0.25, 0.3) is 0 Å². The van der Waals surface area contributed by atoms with Crippen LogP contribution in [0.3, 0.4) is 0 Å². The Morgan fingerprint density at radius 2 is 2.29 bits per heavy atom. The average Bonchev–Trinajstić information content (AvgIpc) is 2.83. The minimum atomic E-state index is -0.0977. The van der Waals surface area contributed by atoms with Crippen molar-refractivity contribution in [3.63, 3.8) is 0 Å². The lowest BCUT2D eigenvalue weighted by Gasteiger charge is -2.15. The fraction of sp³-hybridized carbons (Fsp3) is 0.364. The first kappa shape index (κ1) is 12.2. The van der Waals surface area contributed by atoms with Gasteiger partial charge < -0.3 is 0 Å². The van der Waals surface area contributed by atoms with Crippen LogP contribution in [0.1, 0.15) is 32.2 Å². The first-order valence-electron chi connectivity index (χ1n) is 5.23. The van der Waals surface area contributed by atoms with Gasteiger partial charge >= 0.3 is 0 Å². The molecule has 0 saturated heterocycles. The Labute approximate surface area is 109 Å². The van der Waals surface area contributed by atoms with E-state index in [0.29, 0.717) is 4.77 Å². The van der Waals surface area contributed by atoms with Crippen molar-refractivity contribution in [3.8, 4) is 0 Å². The van der Waals surface area contributed by atoms with E-state index in [1.165, 1.54) is 0 Å². The molecule has 0 fully saturated rings. The maximum Gasteiger partial charge on any atom is 0.216 e. The summed E-state index contributed by atoms with van der Waals surface area (Å²) in [4.78, 5) is 0. The van der Waals surface area contributed by atoms with E-state index in [1.807, 2.05) is 16.8 Å². The summed E-state index contributed by atoms with van der Waals surface area (Å²) in [5.41, 5.74) is 0.970. The van der Waals surface area contributed by atoms with Crippen molar-refractivity contribution in [2.45, 2.75) is 26.2 Å². The van der Waals surface area contributed by atoms with Crippen molar-refractivity contribution >= 4 is 29.8 Å². The van der Waals surface area contributed by atoms with Crippen molar-refractivity contribution in [2.75, 3.05) is 0 Å². The summed E-state index contributed by atoms with van der Waals surface area (Å²) in [6, 6.07) is 2.01. The summed E-state index contributed by atoms with van der Waals surface area (Å²) in [6.07, 6.45) is 1.79. The van der Waals surface area contributed by atoms with Crippen LogP contribution in [-0.4, -0.2) is 21.1 Å². The first-order chi connectivity index (χ1) is 7.98. The molecule has 0 aliphatic heterocycles. The molecule has 0 bridgehead atoms. The summed E-state index contributed by atoms with van der Waals surface area (Å²) >= 11 is 6.81. The van der Waals surface area contributed by atoms with Gasteiger partial charge in [0.05, 0.1) is 6.21 Å². The maximum absolute atomic E-state index is 5.17. The van der Waals surface area contributed by atoms with Gasteiger partial charge in [0, 0.05) is 11.0 Å². The largest absolute Gasteiger partial charge is 0.250 e. The second-order valence-electron chi connectivity index (χ2n) is 4.72. The van der Waals surface area contributed by atoms with E-state index in [4.69, 9.17) is 12.2 Å². The maximum atomic E-state index is 5.17. The highest BCUT2D eigenvalue weighted by Crippen LogP contribution is 2.19. The average molecular weight is 266 g/mol. The predicted octanol–water partition coefficient (Wildman–Crippen LogP) is 3.18. The molecule has 4 nitrogen and oxygen atoms in total.